The van der Waals surface area contributed by atoms with Crippen molar-refractivity contribution in [3.63, 3.8) is 0 Å². The second kappa shape index (κ2) is 4.72. The van der Waals surface area contributed by atoms with E-state index in [1.165, 1.54) is 0 Å². The minimum atomic E-state index is -0.534. The zero-order valence-electron chi connectivity index (χ0n) is 9.97. The van der Waals surface area contributed by atoms with Crippen molar-refractivity contribution >= 4 is 5.91 Å². The minimum Gasteiger partial charge on any atom is -0.364 e. The van der Waals surface area contributed by atoms with Crippen LogP contribution in [0.25, 0.3) is 11.3 Å². The number of nitrogens with zero attached hydrogens (tertiary/aromatic N) is 1. The molecule has 1 amide bonds. The first-order valence-corrected chi connectivity index (χ1v) is 5.45. The Morgan fingerprint density at radius 3 is 2.78 bits per heavy atom. The first-order chi connectivity index (χ1) is 8.60. The molecule has 0 unspecified atom stereocenters. The van der Waals surface area contributed by atoms with Gasteiger partial charge in [-0.2, -0.15) is 0 Å². The fraction of sp³-hybridized carbons (Fsp3) is 0.0667. The molecule has 0 spiro atoms. The van der Waals surface area contributed by atoms with Crippen molar-refractivity contribution in [3.05, 3.63) is 53.2 Å². The zero-order chi connectivity index (χ0) is 13.1. The number of aromatic nitrogens is 1. The van der Waals surface area contributed by atoms with Crippen LogP contribution < -0.4 is 5.73 Å². The lowest BCUT2D eigenvalue weighted by atomic mass is 10.1. The Kier molecular flexibility index (Phi) is 3.11. The van der Waals surface area contributed by atoms with Crippen molar-refractivity contribution < 1.29 is 4.79 Å². The Labute approximate surface area is 106 Å². The Morgan fingerprint density at radius 1 is 1.33 bits per heavy atom. The van der Waals surface area contributed by atoms with E-state index in [9.17, 15) is 4.79 Å². The van der Waals surface area contributed by atoms with Crippen molar-refractivity contribution in [2.45, 2.75) is 6.92 Å². The third-order valence-corrected chi connectivity index (χ3v) is 2.55. The van der Waals surface area contributed by atoms with Gasteiger partial charge in [0.05, 0.1) is 5.69 Å². The van der Waals surface area contributed by atoms with E-state index in [1.807, 2.05) is 37.3 Å². The summed E-state index contributed by atoms with van der Waals surface area (Å²) in [5.41, 5.74) is 8.78. The number of terminal acetylenes is 1. The molecule has 0 aliphatic carbocycles. The summed E-state index contributed by atoms with van der Waals surface area (Å²) in [5, 5.41) is 0. The molecule has 0 fully saturated rings. The highest BCUT2D eigenvalue weighted by atomic mass is 16.1. The largest absolute Gasteiger partial charge is 0.364 e. The second-order valence-corrected chi connectivity index (χ2v) is 4.00. The molecule has 3 heteroatoms. The summed E-state index contributed by atoms with van der Waals surface area (Å²) in [5.74, 6) is 2.04. The first kappa shape index (κ1) is 11.9. The van der Waals surface area contributed by atoms with Crippen LogP contribution in [0.3, 0.4) is 0 Å². The molecule has 0 saturated heterocycles. The fourth-order valence-corrected chi connectivity index (χ4v) is 1.71. The SMILES string of the molecule is C#Cc1cccc(-c2cc(C)cc(C(N)=O)n2)c1. The molecule has 1 aromatic carbocycles. The van der Waals surface area contributed by atoms with Crippen molar-refractivity contribution in [3.8, 4) is 23.6 Å². The van der Waals surface area contributed by atoms with E-state index in [0.29, 0.717) is 5.69 Å². The van der Waals surface area contributed by atoms with Gasteiger partial charge < -0.3 is 5.73 Å². The first-order valence-electron chi connectivity index (χ1n) is 5.45. The number of carbonyl (C=O) groups is 1. The van der Waals surface area contributed by atoms with Gasteiger partial charge in [0.25, 0.3) is 5.91 Å². The van der Waals surface area contributed by atoms with Crippen molar-refractivity contribution in [1.29, 1.82) is 0 Å². The van der Waals surface area contributed by atoms with Crippen LogP contribution in [-0.2, 0) is 0 Å². The number of amides is 1. The van der Waals surface area contributed by atoms with Crippen molar-refractivity contribution in [2.24, 2.45) is 5.73 Å². The van der Waals surface area contributed by atoms with E-state index in [-0.39, 0.29) is 5.69 Å². The van der Waals surface area contributed by atoms with E-state index in [4.69, 9.17) is 12.2 Å². The number of aryl methyl sites for hydroxylation is 1. The molecular formula is C15H12N2O. The lowest BCUT2D eigenvalue weighted by molar-refractivity contribution is 0.0995. The van der Waals surface area contributed by atoms with Gasteiger partial charge >= 0.3 is 0 Å². The molecule has 3 nitrogen and oxygen atoms in total. The average molecular weight is 236 g/mol. The van der Waals surface area contributed by atoms with Crippen LogP contribution in [0.2, 0.25) is 0 Å². The van der Waals surface area contributed by atoms with E-state index < -0.39 is 5.91 Å². The normalized spacial score (nSPS) is 9.78. The van der Waals surface area contributed by atoms with Gasteiger partial charge in [-0.25, -0.2) is 4.98 Å². The number of nitrogens with two attached hydrogens (primary N) is 1. The Hall–Kier alpha value is -2.60. The Balaban J connectivity index is 2.57. The summed E-state index contributed by atoms with van der Waals surface area (Å²) < 4.78 is 0. The Bertz CT molecular complexity index is 654. The van der Waals surface area contributed by atoms with Gasteiger partial charge in [0.1, 0.15) is 5.69 Å². The van der Waals surface area contributed by atoms with Gasteiger partial charge in [0, 0.05) is 11.1 Å². The molecule has 1 heterocycles. The van der Waals surface area contributed by atoms with Gasteiger partial charge in [-0.3, -0.25) is 4.79 Å². The van der Waals surface area contributed by atoms with Crippen LogP contribution in [-0.4, -0.2) is 10.9 Å². The number of benzene rings is 1. The molecule has 18 heavy (non-hydrogen) atoms. The van der Waals surface area contributed by atoms with Crippen molar-refractivity contribution in [2.75, 3.05) is 0 Å². The van der Waals surface area contributed by atoms with Crippen LogP contribution in [0.4, 0.5) is 0 Å². The highest BCUT2D eigenvalue weighted by Gasteiger charge is 2.07. The molecule has 2 rings (SSSR count). The predicted molar refractivity (Wildman–Crippen MR) is 70.9 cm³/mol. The lowest BCUT2D eigenvalue weighted by Crippen LogP contribution is -2.13. The molecule has 0 saturated carbocycles. The molecule has 0 bridgehead atoms. The second-order valence-electron chi connectivity index (χ2n) is 4.00. The molecule has 2 N–H and O–H groups in total. The highest BCUT2D eigenvalue weighted by Crippen LogP contribution is 2.20. The Morgan fingerprint density at radius 2 is 2.11 bits per heavy atom. The van der Waals surface area contributed by atoms with E-state index in [1.54, 1.807) is 6.07 Å². The number of primary amides is 1. The molecular weight excluding hydrogens is 224 g/mol. The maximum absolute atomic E-state index is 11.2. The third kappa shape index (κ3) is 2.38. The smallest absolute Gasteiger partial charge is 0.267 e. The molecule has 88 valence electrons. The van der Waals surface area contributed by atoms with Gasteiger partial charge in [0.15, 0.2) is 0 Å². The van der Waals surface area contributed by atoms with Crippen LogP contribution in [0.5, 0.6) is 0 Å². The topological polar surface area (TPSA) is 56.0 Å². The monoisotopic (exact) mass is 236 g/mol. The number of hydrogen-bond acceptors (Lipinski definition) is 2. The van der Waals surface area contributed by atoms with E-state index >= 15 is 0 Å². The lowest BCUT2D eigenvalue weighted by Gasteiger charge is -2.05. The molecule has 1 aromatic heterocycles. The van der Waals surface area contributed by atoms with Gasteiger partial charge in [-0.05, 0) is 36.8 Å². The number of hydrogen-bond donors (Lipinski definition) is 1. The molecule has 0 atom stereocenters. The number of pyridine rings is 1. The summed E-state index contributed by atoms with van der Waals surface area (Å²) in [6.07, 6.45) is 5.36. The van der Waals surface area contributed by atoms with Crippen molar-refractivity contribution in [1.82, 2.24) is 4.98 Å². The standard InChI is InChI=1S/C15H12N2O/c1-3-11-5-4-6-12(9-11)13-7-10(2)8-14(17-13)15(16)18/h1,4-9H,2H3,(H2,16,18). The molecule has 0 radical (unpaired) electrons. The zero-order valence-corrected chi connectivity index (χ0v) is 9.97. The number of rotatable bonds is 2. The summed E-state index contributed by atoms with van der Waals surface area (Å²) in [6, 6.07) is 11.0. The number of carbonyl (C=O) groups excluding carboxylic acids is 1. The average Bonchev–Trinajstić information content (AvgIpc) is 2.38. The quantitative estimate of drug-likeness (QED) is 0.812. The maximum Gasteiger partial charge on any atom is 0.267 e. The fourth-order valence-electron chi connectivity index (χ4n) is 1.71. The van der Waals surface area contributed by atoms with E-state index in [2.05, 4.69) is 10.9 Å². The predicted octanol–water partition coefficient (Wildman–Crippen LogP) is 2.14. The summed E-state index contributed by atoms with van der Waals surface area (Å²) >= 11 is 0. The van der Waals surface area contributed by atoms with Gasteiger partial charge in [-0.1, -0.05) is 18.1 Å². The minimum absolute atomic E-state index is 0.260. The third-order valence-electron chi connectivity index (χ3n) is 2.55. The molecule has 0 aliphatic heterocycles. The molecule has 2 aromatic rings. The van der Waals surface area contributed by atoms with Crippen LogP contribution in [0, 0.1) is 19.3 Å². The van der Waals surface area contributed by atoms with Crippen LogP contribution in [0.1, 0.15) is 21.6 Å². The summed E-state index contributed by atoms with van der Waals surface area (Å²) in [7, 11) is 0. The highest BCUT2D eigenvalue weighted by molar-refractivity contribution is 5.91. The molecule has 0 aliphatic rings. The van der Waals surface area contributed by atoms with E-state index in [0.717, 1.165) is 16.7 Å². The summed E-state index contributed by atoms with van der Waals surface area (Å²) in [4.78, 5) is 15.4. The van der Waals surface area contributed by atoms with Crippen LogP contribution >= 0.6 is 0 Å². The van der Waals surface area contributed by atoms with Gasteiger partial charge in [0.2, 0.25) is 0 Å². The van der Waals surface area contributed by atoms with Gasteiger partial charge in [-0.15, -0.1) is 6.42 Å². The van der Waals surface area contributed by atoms with Crippen LogP contribution in [0.15, 0.2) is 36.4 Å². The maximum atomic E-state index is 11.2. The summed E-state index contributed by atoms with van der Waals surface area (Å²) in [6.45, 7) is 1.89.